The molecule has 0 atom stereocenters. The van der Waals surface area contributed by atoms with Gasteiger partial charge in [0.2, 0.25) is 0 Å². The number of carbonyl (C=O) groups is 1. The summed E-state index contributed by atoms with van der Waals surface area (Å²) in [5, 5.41) is 18.8. The molecule has 6 nitrogen and oxygen atoms in total. The molecule has 1 heterocycles. The zero-order chi connectivity index (χ0) is 13.8. The van der Waals surface area contributed by atoms with Crippen molar-refractivity contribution in [1.82, 2.24) is 15.1 Å². The van der Waals surface area contributed by atoms with Gasteiger partial charge in [-0.15, -0.1) is 0 Å². The summed E-state index contributed by atoms with van der Waals surface area (Å²) < 4.78 is 1.64. The van der Waals surface area contributed by atoms with Gasteiger partial charge in [-0.2, -0.15) is 5.10 Å². The molecule has 0 saturated carbocycles. The van der Waals surface area contributed by atoms with Gasteiger partial charge in [-0.1, -0.05) is 13.3 Å². The van der Waals surface area contributed by atoms with Crippen molar-refractivity contribution in [3.8, 4) is 0 Å². The second-order valence-corrected chi connectivity index (χ2v) is 5.02. The quantitative estimate of drug-likeness (QED) is 0.740. The summed E-state index contributed by atoms with van der Waals surface area (Å²) in [7, 11) is 1.78. The van der Waals surface area contributed by atoms with Crippen LogP contribution in [0.2, 0.25) is 0 Å². The van der Waals surface area contributed by atoms with Crippen LogP contribution in [0.5, 0.6) is 0 Å². The van der Waals surface area contributed by atoms with Gasteiger partial charge in [-0.25, -0.2) is 4.79 Å². The molecule has 0 spiro atoms. The maximum atomic E-state index is 11.7. The van der Waals surface area contributed by atoms with Gasteiger partial charge in [0.05, 0.1) is 17.8 Å². The first-order valence-electron chi connectivity index (χ1n) is 6.11. The van der Waals surface area contributed by atoms with Gasteiger partial charge in [0.25, 0.3) is 0 Å². The van der Waals surface area contributed by atoms with Crippen LogP contribution in [0.15, 0.2) is 6.07 Å². The van der Waals surface area contributed by atoms with Crippen LogP contribution >= 0.6 is 0 Å². The lowest BCUT2D eigenvalue weighted by Crippen LogP contribution is -2.48. The normalized spacial score (nSPS) is 11.4. The van der Waals surface area contributed by atoms with E-state index in [2.05, 4.69) is 22.7 Å². The third kappa shape index (κ3) is 4.03. The molecule has 0 aromatic carbocycles. The van der Waals surface area contributed by atoms with Gasteiger partial charge in [-0.05, 0) is 20.3 Å². The Kier molecular flexibility index (Phi) is 4.72. The van der Waals surface area contributed by atoms with Gasteiger partial charge in [-0.3, -0.25) is 10.00 Å². The number of amides is 2. The number of rotatable bonds is 5. The maximum Gasteiger partial charge on any atom is 0.320 e. The highest BCUT2D eigenvalue weighted by Crippen LogP contribution is 2.11. The van der Waals surface area contributed by atoms with Crippen LogP contribution in [0, 0.1) is 0 Å². The summed E-state index contributed by atoms with van der Waals surface area (Å²) in [5.41, 5.74) is 0.311. The molecule has 0 aliphatic rings. The first-order chi connectivity index (χ1) is 8.38. The molecule has 0 radical (unpaired) electrons. The van der Waals surface area contributed by atoms with E-state index >= 15 is 0 Å². The summed E-state index contributed by atoms with van der Waals surface area (Å²) >= 11 is 0. The average Bonchev–Trinajstić information content (AvgIpc) is 2.59. The lowest BCUT2D eigenvalue weighted by atomic mass is 10.1. The Bertz CT molecular complexity index is 412. The number of urea groups is 1. The van der Waals surface area contributed by atoms with E-state index in [1.54, 1.807) is 25.6 Å². The van der Waals surface area contributed by atoms with E-state index in [4.69, 9.17) is 5.11 Å². The van der Waals surface area contributed by atoms with Crippen LogP contribution < -0.4 is 10.6 Å². The van der Waals surface area contributed by atoms with Gasteiger partial charge < -0.3 is 10.4 Å². The number of nitrogens with zero attached hydrogens (tertiary/aromatic N) is 2. The number of aryl methyl sites for hydroxylation is 2. The van der Waals surface area contributed by atoms with E-state index in [0.717, 1.165) is 18.5 Å². The smallest absolute Gasteiger partial charge is 0.320 e. The van der Waals surface area contributed by atoms with Crippen LogP contribution in [0.25, 0.3) is 0 Å². The minimum absolute atomic E-state index is 0.118. The van der Waals surface area contributed by atoms with E-state index < -0.39 is 5.54 Å². The largest absolute Gasteiger partial charge is 0.394 e. The Morgan fingerprint density at radius 2 is 2.22 bits per heavy atom. The predicted octanol–water partition coefficient (Wildman–Crippen LogP) is 1.27. The van der Waals surface area contributed by atoms with E-state index in [1.807, 2.05) is 6.07 Å². The van der Waals surface area contributed by atoms with Crippen LogP contribution in [-0.2, 0) is 13.5 Å². The molecule has 1 aromatic heterocycles. The average molecular weight is 254 g/mol. The van der Waals surface area contributed by atoms with Gasteiger partial charge in [0.1, 0.15) is 5.82 Å². The monoisotopic (exact) mass is 254 g/mol. The lowest BCUT2D eigenvalue weighted by Gasteiger charge is -2.23. The highest BCUT2D eigenvalue weighted by molar-refractivity contribution is 5.88. The molecule has 6 heteroatoms. The van der Waals surface area contributed by atoms with E-state index in [1.165, 1.54) is 0 Å². The molecule has 1 rings (SSSR count). The first kappa shape index (κ1) is 14.5. The Balaban J connectivity index is 2.64. The summed E-state index contributed by atoms with van der Waals surface area (Å²) in [6, 6.07) is 1.51. The van der Waals surface area contributed by atoms with Crippen molar-refractivity contribution in [2.24, 2.45) is 7.05 Å². The highest BCUT2D eigenvalue weighted by Gasteiger charge is 2.19. The van der Waals surface area contributed by atoms with Crippen molar-refractivity contribution in [1.29, 1.82) is 0 Å². The maximum absolute atomic E-state index is 11.7. The topological polar surface area (TPSA) is 79.2 Å². The van der Waals surface area contributed by atoms with Crippen LogP contribution in [0.1, 0.15) is 32.9 Å². The summed E-state index contributed by atoms with van der Waals surface area (Å²) in [6.45, 7) is 5.46. The van der Waals surface area contributed by atoms with E-state index in [0.29, 0.717) is 5.82 Å². The van der Waals surface area contributed by atoms with Crippen molar-refractivity contribution in [2.45, 2.75) is 39.2 Å². The summed E-state index contributed by atoms with van der Waals surface area (Å²) in [4.78, 5) is 11.7. The lowest BCUT2D eigenvalue weighted by molar-refractivity contribution is 0.187. The van der Waals surface area contributed by atoms with Crippen molar-refractivity contribution < 1.29 is 9.90 Å². The van der Waals surface area contributed by atoms with E-state index in [-0.39, 0.29) is 12.6 Å². The standard InChI is InChI=1S/C12H22N4O2/c1-5-6-9-7-10(16(4)15-9)13-11(18)14-12(2,3)8-17/h7,17H,5-6,8H2,1-4H3,(H2,13,14,18). The second-order valence-electron chi connectivity index (χ2n) is 5.02. The molecule has 1 aromatic rings. The third-order valence-electron chi connectivity index (χ3n) is 2.53. The minimum atomic E-state index is -0.644. The zero-order valence-electron chi connectivity index (χ0n) is 11.4. The SMILES string of the molecule is CCCc1cc(NC(=O)NC(C)(C)CO)n(C)n1. The molecule has 102 valence electrons. The van der Waals surface area contributed by atoms with Crippen molar-refractivity contribution in [3.63, 3.8) is 0 Å². The number of aliphatic hydroxyl groups is 1. The highest BCUT2D eigenvalue weighted by atomic mass is 16.3. The Hall–Kier alpha value is -1.56. The molecule has 0 bridgehead atoms. The fourth-order valence-corrected chi connectivity index (χ4v) is 1.52. The second kappa shape index (κ2) is 5.86. The summed E-state index contributed by atoms with van der Waals surface area (Å²) in [5.74, 6) is 0.643. The predicted molar refractivity (Wildman–Crippen MR) is 70.5 cm³/mol. The fraction of sp³-hybridized carbons (Fsp3) is 0.667. The number of nitrogens with one attached hydrogen (secondary N) is 2. The molecule has 0 unspecified atom stereocenters. The third-order valence-corrected chi connectivity index (χ3v) is 2.53. The molecule has 0 saturated heterocycles. The summed E-state index contributed by atoms with van der Waals surface area (Å²) in [6.07, 6.45) is 1.90. The number of anilines is 1. The fourth-order valence-electron chi connectivity index (χ4n) is 1.52. The molecule has 2 amide bonds. The zero-order valence-corrected chi connectivity index (χ0v) is 11.4. The van der Waals surface area contributed by atoms with E-state index in [9.17, 15) is 4.79 Å². The molecule has 0 aliphatic carbocycles. The van der Waals surface area contributed by atoms with Crippen molar-refractivity contribution in [2.75, 3.05) is 11.9 Å². The van der Waals surface area contributed by atoms with Crippen LogP contribution in [0.4, 0.5) is 10.6 Å². The first-order valence-corrected chi connectivity index (χ1v) is 6.11. The van der Waals surface area contributed by atoms with Crippen molar-refractivity contribution in [3.05, 3.63) is 11.8 Å². The molecular formula is C12H22N4O2. The number of hydrogen-bond donors (Lipinski definition) is 3. The molecule has 0 fully saturated rings. The molecule has 3 N–H and O–H groups in total. The Morgan fingerprint density at radius 3 is 2.78 bits per heavy atom. The minimum Gasteiger partial charge on any atom is -0.394 e. The van der Waals surface area contributed by atoms with Crippen molar-refractivity contribution >= 4 is 11.8 Å². The number of carbonyl (C=O) groups excluding carboxylic acids is 1. The number of aliphatic hydroxyl groups excluding tert-OH is 1. The molecule has 18 heavy (non-hydrogen) atoms. The van der Waals surface area contributed by atoms with Gasteiger partial charge in [0, 0.05) is 13.1 Å². The Labute approximate surface area is 107 Å². The Morgan fingerprint density at radius 1 is 1.56 bits per heavy atom. The number of aromatic nitrogens is 2. The molecule has 0 aliphatic heterocycles. The number of hydrogen-bond acceptors (Lipinski definition) is 3. The van der Waals surface area contributed by atoms with Gasteiger partial charge >= 0.3 is 6.03 Å². The van der Waals surface area contributed by atoms with Crippen LogP contribution in [-0.4, -0.2) is 33.1 Å². The van der Waals surface area contributed by atoms with Crippen LogP contribution in [0.3, 0.4) is 0 Å². The molecular weight excluding hydrogens is 232 g/mol. The van der Waals surface area contributed by atoms with Gasteiger partial charge in [0.15, 0.2) is 0 Å².